The number of ether oxygens (including phenoxy) is 2. The van der Waals surface area contributed by atoms with Crippen molar-refractivity contribution in [3.8, 4) is 11.5 Å². The molecule has 1 N–H and O–H groups in total. The standard InChI is InChI=1S/C21H21FN2O3S2/c1-2-26-18-7-9-19(10-8-18)27-11-20(25)24-21-23-17(14-29-21)13-28-12-15-3-5-16(22)6-4-15/h3-10,14H,2,11-13H2,1H3,(H,23,24,25). The minimum Gasteiger partial charge on any atom is -0.494 e. The summed E-state index contributed by atoms with van der Waals surface area (Å²) in [6.45, 7) is 2.42. The molecule has 5 nitrogen and oxygen atoms in total. The van der Waals surface area contributed by atoms with Crippen molar-refractivity contribution in [2.24, 2.45) is 0 Å². The van der Waals surface area contributed by atoms with Crippen molar-refractivity contribution >= 4 is 34.1 Å². The van der Waals surface area contributed by atoms with E-state index >= 15 is 0 Å². The zero-order valence-corrected chi connectivity index (χ0v) is 17.5. The third kappa shape index (κ3) is 7.07. The van der Waals surface area contributed by atoms with E-state index in [1.54, 1.807) is 48.2 Å². The Morgan fingerprint density at radius 1 is 1.07 bits per heavy atom. The molecule has 0 aliphatic carbocycles. The van der Waals surface area contributed by atoms with Crippen LogP contribution in [-0.2, 0) is 16.3 Å². The van der Waals surface area contributed by atoms with E-state index in [-0.39, 0.29) is 18.3 Å². The summed E-state index contributed by atoms with van der Waals surface area (Å²) in [4.78, 5) is 16.5. The number of aromatic nitrogens is 1. The molecule has 3 rings (SSSR count). The van der Waals surface area contributed by atoms with Crippen LogP contribution in [0.4, 0.5) is 9.52 Å². The van der Waals surface area contributed by atoms with Gasteiger partial charge in [0.2, 0.25) is 0 Å². The maximum atomic E-state index is 12.9. The van der Waals surface area contributed by atoms with Crippen molar-refractivity contribution in [1.82, 2.24) is 4.98 Å². The lowest BCUT2D eigenvalue weighted by atomic mass is 10.2. The first-order valence-corrected chi connectivity index (χ1v) is 11.1. The zero-order valence-electron chi connectivity index (χ0n) is 15.9. The fourth-order valence-corrected chi connectivity index (χ4v) is 4.11. The second kappa shape index (κ2) is 10.8. The highest BCUT2D eigenvalue weighted by Crippen LogP contribution is 2.22. The number of benzene rings is 2. The van der Waals surface area contributed by atoms with Crippen molar-refractivity contribution in [1.29, 1.82) is 0 Å². The molecule has 0 aliphatic rings. The summed E-state index contributed by atoms with van der Waals surface area (Å²) in [6.07, 6.45) is 0. The molecule has 0 atom stereocenters. The van der Waals surface area contributed by atoms with E-state index in [1.165, 1.54) is 23.5 Å². The lowest BCUT2D eigenvalue weighted by Crippen LogP contribution is -2.20. The second-order valence-corrected chi connectivity index (χ2v) is 7.85. The number of carbonyl (C=O) groups excluding carboxylic acids is 1. The number of rotatable bonds is 10. The third-order valence-corrected chi connectivity index (χ3v) is 5.58. The van der Waals surface area contributed by atoms with Gasteiger partial charge in [-0.25, -0.2) is 9.37 Å². The molecule has 0 bridgehead atoms. The minimum atomic E-state index is -0.265. The fraction of sp³-hybridized carbons (Fsp3) is 0.238. The van der Waals surface area contributed by atoms with Gasteiger partial charge in [0, 0.05) is 16.9 Å². The molecular formula is C21H21FN2O3S2. The number of hydrogen-bond donors (Lipinski definition) is 1. The van der Waals surface area contributed by atoms with Gasteiger partial charge in [-0.1, -0.05) is 12.1 Å². The summed E-state index contributed by atoms with van der Waals surface area (Å²) < 4.78 is 23.8. The first-order valence-electron chi connectivity index (χ1n) is 9.04. The number of thioether (sulfide) groups is 1. The Kier molecular flexibility index (Phi) is 7.89. The SMILES string of the molecule is CCOc1ccc(OCC(=O)Nc2nc(CSCc3ccc(F)cc3)cs2)cc1. The highest BCUT2D eigenvalue weighted by atomic mass is 32.2. The second-order valence-electron chi connectivity index (χ2n) is 6.00. The van der Waals surface area contributed by atoms with Gasteiger partial charge in [-0.15, -0.1) is 11.3 Å². The van der Waals surface area contributed by atoms with Gasteiger partial charge >= 0.3 is 0 Å². The number of nitrogens with one attached hydrogen (secondary N) is 1. The van der Waals surface area contributed by atoms with Gasteiger partial charge in [-0.2, -0.15) is 11.8 Å². The first kappa shape index (κ1) is 21.1. The molecule has 1 aromatic heterocycles. The Hall–Kier alpha value is -2.58. The molecule has 2 aromatic carbocycles. The Bertz CT molecular complexity index is 914. The highest BCUT2D eigenvalue weighted by Gasteiger charge is 2.08. The van der Waals surface area contributed by atoms with Crippen molar-refractivity contribution in [3.05, 3.63) is 71.0 Å². The molecule has 0 radical (unpaired) electrons. The van der Waals surface area contributed by atoms with Crippen LogP contribution in [0, 0.1) is 5.82 Å². The van der Waals surface area contributed by atoms with Crippen molar-refractivity contribution in [2.75, 3.05) is 18.5 Å². The summed E-state index contributed by atoms with van der Waals surface area (Å²) in [5.41, 5.74) is 1.96. The molecule has 1 amide bonds. The average molecular weight is 433 g/mol. The van der Waals surface area contributed by atoms with Crippen LogP contribution in [0.25, 0.3) is 0 Å². The van der Waals surface area contributed by atoms with E-state index in [4.69, 9.17) is 9.47 Å². The van der Waals surface area contributed by atoms with E-state index in [9.17, 15) is 9.18 Å². The molecule has 1 heterocycles. The lowest BCUT2D eigenvalue weighted by Gasteiger charge is -2.07. The maximum absolute atomic E-state index is 12.9. The van der Waals surface area contributed by atoms with Gasteiger partial charge in [0.25, 0.3) is 5.91 Å². The van der Waals surface area contributed by atoms with Crippen LogP contribution in [0.2, 0.25) is 0 Å². The molecule has 152 valence electrons. The maximum Gasteiger partial charge on any atom is 0.264 e. The molecule has 29 heavy (non-hydrogen) atoms. The van der Waals surface area contributed by atoms with Crippen molar-refractivity contribution in [2.45, 2.75) is 18.4 Å². The predicted molar refractivity (Wildman–Crippen MR) is 115 cm³/mol. The van der Waals surface area contributed by atoms with Crippen LogP contribution < -0.4 is 14.8 Å². The normalized spacial score (nSPS) is 10.6. The van der Waals surface area contributed by atoms with Crippen LogP contribution >= 0.6 is 23.1 Å². The van der Waals surface area contributed by atoms with Crippen molar-refractivity contribution in [3.63, 3.8) is 0 Å². The molecule has 0 saturated carbocycles. The molecule has 3 aromatic rings. The van der Waals surface area contributed by atoms with Gasteiger partial charge in [0.15, 0.2) is 11.7 Å². The van der Waals surface area contributed by atoms with E-state index in [2.05, 4.69) is 10.3 Å². The largest absolute Gasteiger partial charge is 0.494 e. The van der Waals surface area contributed by atoms with E-state index in [0.717, 1.165) is 22.8 Å². The molecule has 0 saturated heterocycles. The summed E-state index contributed by atoms with van der Waals surface area (Å²) >= 11 is 3.06. The van der Waals surface area contributed by atoms with E-state index in [1.807, 2.05) is 12.3 Å². The molecule has 0 spiro atoms. The molecular weight excluding hydrogens is 411 g/mol. The van der Waals surface area contributed by atoms with Gasteiger partial charge in [-0.05, 0) is 48.9 Å². The highest BCUT2D eigenvalue weighted by molar-refractivity contribution is 7.97. The number of carbonyl (C=O) groups is 1. The average Bonchev–Trinajstić information content (AvgIpc) is 3.16. The van der Waals surface area contributed by atoms with E-state index < -0.39 is 0 Å². The zero-order chi connectivity index (χ0) is 20.5. The van der Waals surface area contributed by atoms with Crippen LogP contribution in [0.1, 0.15) is 18.2 Å². The number of hydrogen-bond acceptors (Lipinski definition) is 6. The fourth-order valence-electron chi connectivity index (χ4n) is 2.39. The van der Waals surface area contributed by atoms with Gasteiger partial charge in [0.1, 0.15) is 17.3 Å². The summed E-state index contributed by atoms with van der Waals surface area (Å²) in [6, 6.07) is 13.6. The molecule has 0 aliphatic heterocycles. The molecule has 0 unspecified atom stereocenters. The molecule has 8 heteroatoms. The first-order chi connectivity index (χ1) is 14.1. The number of anilines is 1. The minimum absolute atomic E-state index is 0.0950. The Balaban J connectivity index is 1.39. The summed E-state index contributed by atoms with van der Waals surface area (Å²) in [5, 5.41) is 5.21. The number of thiazole rings is 1. The topological polar surface area (TPSA) is 60.5 Å². The summed E-state index contributed by atoms with van der Waals surface area (Å²) in [7, 11) is 0. The Morgan fingerprint density at radius 3 is 2.45 bits per heavy atom. The lowest BCUT2D eigenvalue weighted by molar-refractivity contribution is -0.118. The molecule has 0 fully saturated rings. The predicted octanol–water partition coefficient (Wildman–Crippen LogP) is 5.13. The van der Waals surface area contributed by atoms with Gasteiger partial charge < -0.3 is 9.47 Å². The van der Waals surface area contributed by atoms with Gasteiger partial charge in [-0.3, -0.25) is 10.1 Å². The smallest absolute Gasteiger partial charge is 0.264 e. The van der Waals surface area contributed by atoms with Crippen LogP contribution in [-0.4, -0.2) is 24.1 Å². The van der Waals surface area contributed by atoms with Gasteiger partial charge in [0.05, 0.1) is 12.3 Å². The van der Waals surface area contributed by atoms with Crippen LogP contribution in [0.15, 0.2) is 53.9 Å². The summed E-state index contributed by atoms with van der Waals surface area (Å²) in [5.74, 6) is 2.35. The number of nitrogens with zero attached hydrogens (tertiary/aromatic N) is 1. The number of halogens is 1. The van der Waals surface area contributed by atoms with Crippen molar-refractivity contribution < 1.29 is 18.7 Å². The third-order valence-electron chi connectivity index (χ3n) is 3.73. The van der Waals surface area contributed by atoms with Crippen LogP contribution in [0.3, 0.4) is 0 Å². The monoisotopic (exact) mass is 432 g/mol. The Morgan fingerprint density at radius 2 is 1.76 bits per heavy atom. The Labute approximate surface area is 177 Å². The number of amides is 1. The van der Waals surface area contributed by atoms with Crippen LogP contribution in [0.5, 0.6) is 11.5 Å². The quantitative estimate of drug-likeness (QED) is 0.481. The van der Waals surface area contributed by atoms with E-state index in [0.29, 0.717) is 23.2 Å².